The van der Waals surface area contributed by atoms with Crippen molar-refractivity contribution in [2.24, 2.45) is 0 Å². The van der Waals surface area contributed by atoms with Crippen molar-refractivity contribution in [2.45, 2.75) is 52.0 Å². The van der Waals surface area contributed by atoms with Gasteiger partial charge in [-0.2, -0.15) is 0 Å². The summed E-state index contributed by atoms with van der Waals surface area (Å²) in [6, 6.07) is 6.41. The molecule has 0 saturated carbocycles. The Bertz CT molecular complexity index is 1120. The van der Waals surface area contributed by atoms with E-state index in [9.17, 15) is 14.7 Å². The van der Waals surface area contributed by atoms with E-state index in [4.69, 9.17) is 0 Å². The van der Waals surface area contributed by atoms with Crippen molar-refractivity contribution in [3.05, 3.63) is 50.9 Å². The Hall–Kier alpha value is -2.47. The molecule has 0 bridgehead atoms. The molecule has 1 aromatic carbocycles. The monoisotopic (exact) mass is 382 g/mol. The van der Waals surface area contributed by atoms with Crippen molar-refractivity contribution in [3.8, 4) is 11.1 Å². The summed E-state index contributed by atoms with van der Waals surface area (Å²) in [5.74, 6) is -0.641. The molecular formula is C21H22N2O3S. The van der Waals surface area contributed by atoms with E-state index in [1.54, 1.807) is 6.92 Å². The predicted molar refractivity (Wildman–Crippen MR) is 108 cm³/mol. The zero-order valence-electron chi connectivity index (χ0n) is 15.7. The maximum absolute atomic E-state index is 13.3. The molecule has 0 aliphatic heterocycles. The van der Waals surface area contributed by atoms with Crippen molar-refractivity contribution >= 4 is 27.5 Å². The van der Waals surface area contributed by atoms with Crippen LogP contribution in [0, 0.1) is 6.92 Å². The van der Waals surface area contributed by atoms with Crippen molar-refractivity contribution in [1.29, 1.82) is 0 Å². The van der Waals surface area contributed by atoms with E-state index in [0.717, 1.165) is 24.0 Å². The molecule has 27 heavy (non-hydrogen) atoms. The zero-order chi connectivity index (χ0) is 19.3. The lowest BCUT2D eigenvalue weighted by Crippen LogP contribution is -2.44. The fraction of sp³-hybridized carbons (Fsp3) is 0.381. The van der Waals surface area contributed by atoms with Crippen LogP contribution >= 0.6 is 11.3 Å². The van der Waals surface area contributed by atoms with E-state index in [0.29, 0.717) is 16.0 Å². The summed E-state index contributed by atoms with van der Waals surface area (Å²) in [6.45, 7) is 4.74. The Kier molecular flexibility index (Phi) is 4.18. The minimum atomic E-state index is -1.36. The van der Waals surface area contributed by atoms with Crippen LogP contribution < -0.4 is 5.56 Å². The number of hydrogen-bond donors (Lipinski definition) is 1. The van der Waals surface area contributed by atoms with Gasteiger partial charge in [0.05, 0.1) is 5.39 Å². The number of hydrogen-bond acceptors (Lipinski definition) is 4. The molecule has 2 heterocycles. The molecule has 0 amide bonds. The lowest BCUT2D eigenvalue weighted by Gasteiger charge is -2.24. The molecule has 2 aromatic heterocycles. The number of benzene rings is 1. The van der Waals surface area contributed by atoms with Gasteiger partial charge >= 0.3 is 5.97 Å². The third-order valence-corrected chi connectivity index (χ3v) is 6.39. The Morgan fingerprint density at radius 1 is 1.22 bits per heavy atom. The summed E-state index contributed by atoms with van der Waals surface area (Å²) in [6.07, 6.45) is 4.60. The third-order valence-electron chi connectivity index (χ3n) is 5.52. The van der Waals surface area contributed by atoms with Gasteiger partial charge in [0.1, 0.15) is 16.2 Å². The largest absolute Gasteiger partial charge is 0.480 e. The molecule has 5 nitrogen and oxygen atoms in total. The van der Waals surface area contributed by atoms with Crippen LogP contribution in [0.5, 0.6) is 0 Å². The van der Waals surface area contributed by atoms with Crippen LogP contribution in [0.1, 0.15) is 43.6 Å². The van der Waals surface area contributed by atoms with E-state index in [-0.39, 0.29) is 5.56 Å². The van der Waals surface area contributed by atoms with Gasteiger partial charge in [-0.3, -0.25) is 9.36 Å². The summed E-state index contributed by atoms with van der Waals surface area (Å²) in [5, 5.41) is 12.1. The molecule has 1 N–H and O–H groups in total. The average Bonchev–Trinajstić information content (AvgIpc) is 3.05. The van der Waals surface area contributed by atoms with Crippen LogP contribution in [-0.4, -0.2) is 20.6 Å². The van der Waals surface area contributed by atoms with Crippen LogP contribution in [0.3, 0.4) is 0 Å². The van der Waals surface area contributed by atoms with Crippen molar-refractivity contribution in [3.63, 3.8) is 0 Å². The first-order valence-electron chi connectivity index (χ1n) is 9.17. The van der Waals surface area contributed by atoms with Crippen molar-refractivity contribution in [1.82, 2.24) is 9.55 Å². The van der Waals surface area contributed by atoms with Gasteiger partial charge in [0.15, 0.2) is 0 Å². The second-order valence-electron chi connectivity index (χ2n) is 7.68. The van der Waals surface area contributed by atoms with Gasteiger partial charge in [0.25, 0.3) is 5.56 Å². The number of fused-ring (bicyclic) bond motifs is 2. The number of aryl methyl sites for hydroxylation is 3. The second-order valence-corrected chi connectivity index (χ2v) is 8.54. The molecule has 0 atom stereocenters. The first kappa shape index (κ1) is 17.9. The summed E-state index contributed by atoms with van der Waals surface area (Å²) in [7, 11) is 0. The van der Waals surface area contributed by atoms with Crippen LogP contribution in [0.25, 0.3) is 21.3 Å². The molecule has 0 saturated heterocycles. The highest BCUT2D eigenvalue weighted by atomic mass is 32.1. The summed E-state index contributed by atoms with van der Waals surface area (Å²) >= 11 is 1.43. The highest BCUT2D eigenvalue weighted by Crippen LogP contribution is 2.34. The fourth-order valence-electron chi connectivity index (χ4n) is 3.96. The molecular weight excluding hydrogens is 360 g/mol. The van der Waals surface area contributed by atoms with Gasteiger partial charge < -0.3 is 5.11 Å². The molecule has 6 heteroatoms. The molecule has 0 unspecified atom stereocenters. The second kappa shape index (κ2) is 6.30. The zero-order valence-corrected chi connectivity index (χ0v) is 16.5. The minimum Gasteiger partial charge on any atom is -0.480 e. The number of aliphatic carboxylic acids is 1. The maximum atomic E-state index is 13.3. The van der Waals surface area contributed by atoms with E-state index in [2.05, 4.69) is 23.2 Å². The topological polar surface area (TPSA) is 72.2 Å². The molecule has 140 valence electrons. The SMILES string of the molecule is Cc1nc2scc(-c3ccc4c(c3)CCCC4)c2c(=O)n1C(C)(C)C(=O)O. The van der Waals surface area contributed by atoms with Gasteiger partial charge in [-0.15, -0.1) is 11.3 Å². The number of nitrogens with zero attached hydrogens (tertiary/aromatic N) is 2. The number of carboxylic acids is 1. The summed E-state index contributed by atoms with van der Waals surface area (Å²) in [5.41, 5.74) is 2.93. The first-order chi connectivity index (χ1) is 12.8. The molecule has 1 aliphatic rings. The summed E-state index contributed by atoms with van der Waals surface area (Å²) in [4.78, 5) is 30.2. The maximum Gasteiger partial charge on any atom is 0.329 e. The smallest absolute Gasteiger partial charge is 0.329 e. The Morgan fingerprint density at radius 2 is 1.93 bits per heavy atom. The van der Waals surface area contributed by atoms with Crippen LogP contribution in [0.15, 0.2) is 28.4 Å². The molecule has 0 spiro atoms. The number of carboxylic acid groups (broad SMARTS) is 1. The quantitative estimate of drug-likeness (QED) is 0.739. The average molecular weight is 382 g/mol. The van der Waals surface area contributed by atoms with Gasteiger partial charge in [-0.1, -0.05) is 18.2 Å². The molecule has 4 rings (SSSR count). The lowest BCUT2D eigenvalue weighted by molar-refractivity contribution is -0.145. The predicted octanol–water partition coefficient (Wildman–Crippen LogP) is 4.13. The van der Waals surface area contributed by atoms with E-state index < -0.39 is 11.5 Å². The molecule has 3 aromatic rings. The standard InChI is InChI=1S/C21H22N2O3S/c1-12-22-18-17(19(24)23(12)21(2,3)20(25)26)16(11-27-18)15-9-8-13-6-4-5-7-14(13)10-15/h8-11H,4-7H2,1-3H3,(H,25,26). The van der Waals surface area contributed by atoms with Crippen molar-refractivity contribution in [2.75, 3.05) is 0 Å². The van der Waals surface area contributed by atoms with Gasteiger partial charge in [-0.05, 0) is 63.1 Å². The van der Waals surface area contributed by atoms with Gasteiger partial charge in [0, 0.05) is 10.9 Å². The van der Waals surface area contributed by atoms with Crippen LogP contribution in [0.2, 0.25) is 0 Å². The van der Waals surface area contributed by atoms with Crippen LogP contribution in [-0.2, 0) is 23.2 Å². The Balaban J connectivity index is 1.96. The number of rotatable bonds is 3. The number of thiophene rings is 1. The highest BCUT2D eigenvalue weighted by molar-refractivity contribution is 7.17. The van der Waals surface area contributed by atoms with E-state index >= 15 is 0 Å². The normalized spacial score (nSPS) is 14.3. The third kappa shape index (κ3) is 2.79. The molecule has 0 radical (unpaired) electrons. The lowest BCUT2D eigenvalue weighted by atomic mass is 9.89. The van der Waals surface area contributed by atoms with Gasteiger partial charge in [-0.25, -0.2) is 9.78 Å². The number of aromatic nitrogens is 2. The minimum absolute atomic E-state index is 0.293. The summed E-state index contributed by atoms with van der Waals surface area (Å²) < 4.78 is 1.30. The van der Waals surface area contributed by atoms with E-state index in [1.807, 2.05) is 5.38 Å². The highest BCUT2D eigenvalue weighted by Gasteiger charge is 2.33. The van der Waals surface area contributed by atoms with Gasteiger partial charge in [0.2, 0.25) is 0 Å². The molecule has 1 aliphatic carbocycles. The number of carbonyl (C=O) groups is 1. The van der Waals surface area contributed by atoms with E-state index in [1.165, 1.54) is 53.7 Å². The Labute approximate surface area is 161 Å². The first-order valence-corrected chi connectivity index (χ1v) is 10.1. The van der Waals surface area contributed by atoms with Crippen LogP contribution in [0.4, 0.5) is 0 Å². The fourth-order valence-corrected chi connectivity index (χ4v) is 4.94. The van der Waals surface area contributed by atoms with Crippen molar-refractivity contribution < 1.29 is 9.90 Å². The molecule has 0 fully saturated rings. The Morgan fingerprint density at radius 3 is 2.63 bits per heavy atom.